The molecule has 0 bridgehead atoms. The molecule has 0 aromatic carbocycles. The van der Waals surface area contributed by atoms with Crippen LogP contribution in [-0.2, 0) is 10.5 Å². The van der Waals surface area contributed by atoms with Crippen LogP contribution >= 0.6 is 11.8 Å². The van der Waals surface area contributed by atoms with Gasteiger partial charge in [-0.25, -0.2) is 4.98 Å². The van der Waals surface area contributed by atoms with Gasteiger partial charge in [0.05, 0.1) is 23.5 Å². The molecule has 3 rings (SSSR count). The third-order valence-corrected chi connectivity index (χ3v) is 6.54. The Hall–Kier alpha value is -1.90. The van der Waals surface area contributed by atoms with Gasteiger partial charge in [0.2, 0.25) is 0 Å². The largest absolute Gasteiger partial charge is 0.373 e. The lowest BCUT2D eigenvalue weighted by molar-refractivity contribution is -0.0948. The molecular weight excluding hydrogens is 400 g/mol. The minimum Gasteiger partial charge on any atom is -0.373 e. The minimum absolute atomic E-state index is 0.105. The lowest BCUT2D eigenvalue weighted by Crippen LogP contribution is -2.58. The van der Waals surface area contributed by atoms with Crippen molar-refractivity contribution < 1.29 is 14.1 Å². The number of hydrogen-bond acceptors (Lipinski definition) is 7. The molecular formula is C22H32N4O3S. The van der Waals surface area contributed by atoms with Gasteiger partial charge in [-0.2, -0.15) is 0 Å². The van der Waals surface area contributed by atoms with Crippen LogP contribution < -0.4 is 5.32 Å². The third kappa shape index (κ3) is 5.42. The zero-order valence-electron chi connectivity index (χ0n) is 18.7. The summed E-state index contributed by atoms with van der Waals surface area (Å²) < 4.78 is 11.1. The number of nitrogens with zero attached hydrogens (tertiary/aromatic N) is 3. The summed E-state index contributed by atoms with van der Waals surface area (Å²) in [7, 11) is 0. The molecule has 0 spiro atoms. The lowest BCUT2D eigenvalue weighted by Gasteiger charge is -2.45. The van der Waals surface area contributed by atoms with E-state index in [-0.39, 0.29) is 23.7 Å². The maximum Gasteiger partial charge on any atom is 0.254 e. The molecule has 2 atom stereocenters. The van der Waals surface area contributed by atoms with Gasteiger partial charge in [0.15, 0.2) is 0 Å². The van der Waals surface area contributed by atoms with Crippen LogP contribution in [-0.4, -0.2) is 58.3 Å². The molecule has 0 saturated carbocycles. The van der Waals surface area contributed by atoms with Crippen molar-refractivity contribution in [1.29, 1.82) is 0 Å². The molecule has 3 heterocycles. The number of pyridine rings is 1. The van der Waals surface area contributed by atoms with Crippen LogP contribution in [0.15, 0.2) is 27.9 Å². The normalized spacial score (nSPS) is 20.3. The number of nitrogens with one attached hydrogen (secondary N) is 1. The summed E-state index contributed by atoms with van der Waals surface area (Å²) in [6, 6.07) is 3.62. The molecule has 2 aromatic rings. The Morgan fingerprint density at radius 3 is 2.63 bits per heavy atom. The number of carbonyl (C=O) groups excluding carboxylic acids is 1. The molecule has 8 heteroatoms. The Morgan fingerprint density at radius 2 is 2.00 bits per heavy atom. The highest BCUT2D eigenvalue weighted by molar-refractivity contribution is 7.98. The lowest BCUT2D eigenvalue weighted by atomic mass is 10.00. The number of ether oxygens (including phenoxy) is 1. The van der Waals surface area contributed by atoms with Crippen LogP contribution in [0, 0.1) is 13.8 Å². The molecule has 0 aliphatic carbocycles. The molecule has 2 aromatic heterocycles. The van der Waals surface area contributed by atoms with E-state index in [4.69, 9.17) is 9.26 Å². The van der Waals surface area contributed by atoms with E-state index in [2.05, 4.69) is 48.1 Å². The first-order chi connectivity index (χ1) is 14.2. The molecule has 30 heavy (non-hydrogen) atoms. The maximum atomic E-state index is 13.0. The van der Waals surface area contributed by atoms with Gasteiger partial charge in [0.1, 0.15) is 10.8 Å². The summed E-state index contributed by atoms with van der Waals surface area (Å²) >= 11 is 1.52. The number of aryl methyl sites for hydroxylation is 2. The second-order valence-electron chi connectivity index (χ2n) is 8.60. The predicted molar refractivity (Wildman–Crippen MR) is 118 cm³/mol. The van der Waals surface area contributed by atoms with Crippen LogP contribution in [0.4, 0.5) is 0 Å². The van der Waals surface area contributed by atoms with Crippen molar-refractivity contribution in [3.8, 4) is 0 Å². The summed E-state index contributed by atoms with van der Waals surface area (Å²) in [5.41, 5.74) is 2.34. The smallest absolute Gasteiger partial charge is 0.254 e. The van der Waals surface area contributed by atoms with Crippen molar-refractivity contribution in [3.05, 3.63) is 40.9 Å². The van der Waals surface area contributed by atoms with E-state index in [0.29, 0.717) is 22.9 Å². The molecule has 7 nitrogen and oxygen atoms in total. The fraction of sp³-hybridized carbons (Fsp3) is 0.591. The Kier molecular flexibility index (Phi) is 7.21. The Labute approximate surface area is 182 Å². The second kappa shape index (κ2) is 9.49. The van der Waals surface area contributed by atoms with E-state index in [1.807, 2.05) is 19.9 Å². The molecule has 0 radical (unpaired) electrons. The highest BCUT2D eigenvalue weighted by Crippen LogP contribution is 2.27. The van der Waals surface area contributed by atoms with Crippen molar-refractivity contribution in [2.24, 2.45) is 0 Å². The highest BCUT2D eigenvalue weighted by Gasteiger charge is 2.33. The monoisotopic (exact) mass is 432 g/mol. The van der Waals surface area contributed by atoms with Crippen molar-refractivity contribution in [1.82, 2.24) is 20.4 Å². The van der Waals surface area contributed by atoms with Crippen molar-refractivity contribution >= 4 is 17.7 Å². The topological polar surface area (TPSA) is 80.5 Å². The van der Waals surface area contributed by atoms with Crippen molar-refractivity contribution in [2.75, 3.05) is 19.6 Å². The Bertz CT molecular complexity index is 854. The third-order valence-electron chi connectivity index (χ3n) is 5.51. The van der Waals surface area contributed by atoms with Crippen molar-refractivity contribution in [3.63, 3.8) is 0 Å². The van der Waals surface area contributed by atoms with E-state index in [0.717, 1.165) is 30.1 Å². The quantitative estimate of drug-likeness (QED) is 0.670. The maximum absolute atomic E-state index is 13.0. The van der Waals surface area contributed by atoms with Crippen LogP contribution in [0.1, 0.15) is 55.1 Å². The first-order valence-corrected chi connectivity index (χ1v) is 11.3. The summed E-state index contributed by atoms with van der Waals surface area (Å²) in [6.07, 6.45) is 2.09. The first kappa shape index (κ1) is 22.8. The molecule has 1 saturated heterocycles. The second-order valence-corrected chi connectivity index (χ2v) is 9.57. The predicted octanol–water partition coefficient (Wildman–Crippen LogP) is 3.60. The SMILES string of the molecule is Cc1noc(C)c1CSc1ncccc1C(=O)NCC(C)(C)N1C[C@H](C)O[C@@H](C)C1. The fourth-order valence-corrected chi connectivity index (χ4v) is 4.85. The van der Waals surface area contributed by atoms with Gasteiger partial charge in [-0.15, -0.1) is 11.8 Å². The number of carbonyl (C=O) groups is 1. The molecule has 1 aliphatic rings. The average molecular weight is 433 g/mol. The van der Waals surface area contributed by atoms with Gasteiger partial charge in [-0.1, -0.05) is 5.16 Å². The van der Waals surface area contributed by atoms with Crippen molar-refractivity contribution in [2.45, 2.75) is 70.1 Å². The highest BCUT2D eigenvalue weighted by atomic mass is 32.2. The van der Waals surface area contributed by atoms with Gasteiger partial charge in [-0.3, -0.25) is 9.69 Å². The zero-order valence-corrected chi connectivity index (χ0v) is 19.5. The molecule has 1 N–H and O–H groups in total. The summed E-state index contributed by atoms with van der Waals surface area (Å²) in [6.45, 7) is 14.6. The number of rotatable bonds is 7. The van der Waals surface area contributed by atoms with Gasteiger partial charge in [-0.05, 0) is 53.7 Å². The molecule has 1 amide bonds. The molecule has 1 fully saturated rings. The van der Waals surface area contributed by atoms with E-state index in [1.54, 1.807) is 12.3 Å². The van der Waals surface area contributed by atoms with Gasteiger partial charge >= 0.3 is 0 Å². The van der Waals surface area contributed by atoms with Crippen LogP contribution in [0.3, 0.4) is 0 Å². The van der Waals surface area contributed by atoms with Crippen LogP contribution in [0.25, 0.3) is 0 Å². The van der Waals surface area contributed by atoms with E-state index < -0.39 is 0 Å². The Balaban J connectivity index is 1.64. The van der Waals surface area contributed by atoms with Gasteiger partial charge < -0.3 is 14.6 Å². The van der Waals surface area contributed by atoms with Crippen LogP contribution in [0.5, 0.6) is 0 Å². The number of thioether (sulfide) groups is 1. The summed E-state index contributed by atoms with van der Waals surface area (Å²) in [5.74, 6) is 1.36. The number of aromatic nitrogens is 2. The summed E-state index contributed by atoms with van der Waals surface area (Å²) in [4.78, 5) is 19.8. The molecule has 164 valence electrons. The molecule has 0 unspecified atom stereocenters. The van der Waals surface area contributed by atoms with E-state index >= 15 is 0 Å². The van der Waals surface area contributed by atoms with E-state index in [9.17, 15) is 4.79 Å². The minimum atomic E-state index is -0.172. The molecule has 1 aliphatic heterocycles. The number of amides is 1. The standard InChI is InChI=1S/C22H32N4O3S/c1-14-10-26(11-15(2)28-14)22(5,6)13-24-20(27)18-8-7-9-23-21(18)30-12-19-16(3)25-29-17(19)4/h7-9,14-15H,10-13H2,1-6H3,(H,24,27)/t14-,15-/m0/s1. The Morgan fingerprint density at radius 1 is 1.30 bits per heavy atom. The number of morpholine rings is 1. The van der Waals surface area contributed by atoms with E-state index in [1.165, 1.54) is 11.8 Å². The zero-order chi connectivity index (χ0) is 21.9. The first-order valence-electron chi connectivity index (χ1n) is 10.4. The van der Waals surface area contributed by atoms with Gasteiger partial charge in [0, 0.05) is 42.7 Å². The van der Waals surface area contributed by atoms with Gasteiger partial charge in [0.25, 0.3) is 5.91 Å². The fourth-order valence-electron chi connectivity index (χ4n) is 3.70. The summed E-state index contributed by atoms with van der Waals surface area (Å²) in [5, 5.41) is 7.82. The number of hydrogen-bond donors (Lipinski definition) is 1. The average Bonchev–Trinajstić information content (AvgIpc) is 3.01. The van der Waals surface area contributed by atoms with Crippen LogP contribution in [0.2, 0.25) is 0 Å².